The van der Waals surface area contributed by atoms with E-state index in [4.69, 9.17) is 5.11 Å². The summed E-state index contributed by atoms with van der Waals surface area (Å²) in [7, 11) is 0. The molecule has 0 amide bonds. The van der Waals surface area contributed by atoms with Crippen molar-refractivity contribution in [3.05, 3.63) is 57.8 Å². The summed E-state index contributed by atoms with van der Waals surface area (Å²) in [5, 5.41) is 14.2. The second kappa shape index (κ2) is 7.22. The molecule has 1 unspecified atom stereocenters. The third-order valence-electron chi connectivity index (χ3n) is 3.38. The van der Waals surface area contributed by atoms with Crippen molar-refractivity contribution in [3.63, 3.8) is 0 Å². The number of carboxylic acids is 1. The number of carboxylic acid groups (broad SMARTS) is 1. The van der Waals surface area contributed by atoms with E-state index in [1.807, 2.05) is 17.5 Å². The molecule has 0 saturated heterocycles. The number of nitrogens with one attached hydrogen (secondary N) is 1. The molecule has 4 heteroatoms. The van der Waals surface area contributed by atoms with Crippen LogP contribution < -0.4 is 5.32 Å². The van der Waals surface area contributed by atoms with Gasteiger partial charge in [-0.05, 0) is 41.5 Å². The molecule has 0 aliphatic carbocycles. The van der Waals surface area contributed by atoms with Crippen LogP contribution in [-0.2, 0) is 6.54 Å². The normalized spacial score (nSPS) is 12.2. The number of aromatic carboxylic acids is 1. The SMILES string of the molecule is CC(CCNCc1ccsc1C(=O)O)c1ccccc1. The lowest BCUT2D eigenvalue weighted by Gasteiger charge is -2.12. The zero-order chi connectivity index (χ0) is 14.4. The van der Waals surface area contributed by atoms with E-state index in [0.29, 0.717) is 17.3 Å². The van der Waals surface area contributed by atoms with E-state index in [1.54, 1.807) is 0 Å². The van der Waals surface area contributed by atoms with Crippen LogP contribution in [0.3, 0.4) is 0 Å². The molecule has 0 fully saturated rings. The van der Waals surface area contributed by atoms with Crippen LogP contribution in [-0.4, -0.2) is 17.6 Å². The molecule has 2 rings (SSSR count). The number of hydrogen-bond acceptors (Lipinski definition) is 3. The Morgan fingerprint density at radius 1 is 1.30 bits per heavy atom. The van der Waals surface area contributed by atoms with Crippen molar-refractivity contribution in [2.75, 3.05) is 6.54 Å². The quantitative estimate of drug-likeness (QED) is 0.764. The molecule has 0 aliphatic rings. The van der Waals surface area contributed by atoms with Gasteiger partial charge in [0, 0.05) is 6.54 Å². The molecule has 0 radical (unpaired) electrons. The van der Waals surface area contributed by atoms with Crippen molar-refractivity contribution in [3.8, 4) is 0 Å². The molecule has 3 nitrogen and oxygen atoms in total. The number of hydrogen-bond donors (Lipinski definition) is 2. The Kier molecular flexibility index (Phi) is 5.32. The first kappa shape index (κ1) is 14.8. The van der Waals surface area contributed by atoms with Crippen molar-refractivity contribution >= 4 is 17.3 Å². The molecule has 1 heterocycles. The second-order valence-corrected chi connectivity index (χ2v) is 5.77. The number of benzene rings is 1. The summed E-state index contributed by atoms with van der Waals surface area (Å²) in [6.07, 6.45) is 1.04. The molecule has 2 N–H and O–H groups in total. The van der Waals surface area contributed by atoms with Gasteiger partial charge in [0.2, 0.25) is 0 Å². The van der Waals surface area contributed by atoms with Gasteiger partial charge in [-0.15, -0.1) is 11.3 Å². The van der Waals surface area contributed by atoms with E-state index in [2.05, 4.69) is 36.5 Å². The fourth-order valence-corrected chi connectivity index (χ4v) is 2.91. The van der Waals surface area contributed by atoms with Gasteiger partial charge in [0.15, 0.2) is 0 Å². The predicted molar refractivity (Wildman–Crippen MR) is 82.5 cm³/mol. The third kappa shape index (κ3) is 3.92. The minimum Gasteiger partial charge on any atom is -0.477 e. The third-order valence-corrected chi connectivity index (χ3v) is 4.32. The summed E-state index contributed by atoms with van der Waals surface area (Å²) < 4.78 is 0. The van der Waals surface area contributed by atoms with Gasteiger partial charge in [-0.25, -0.2) is 4.79 Å². The molecule has 1 atom stereocenters. The molecule has 1 aromatic heterocycles. The van der Waals surface area contributed by atoms with Crippen molar-refractivity contribution in [2.24, 2.45) is 0 Å². The number of rotatable bonds is 7. The van der Waals surface area contributed by atoms with E-state index in [-0.39, 0.29) is 0 Å². The summed E-state index contributed by atoms with van der Waals surface area (Å²) in [6.45, 7) is 3.71. The molecule has 1 aromatic carbocycles. The van der Waals surface area contributed by atoms with E-state index in [9.17, 15) is 4.79 Å². The molecule has 0 bridgehead atoms. The van der Waals surface area contributed by atoms with Gasteiger partial charge in [0.1, 0.15) is 4.88 Å². The fourth-order valence-electron chi connectivity index (χ4n) is 2.15. The summed E-state index contributed by atoms with van der Waals surface area (Å²) in [4.78, 5) is 11.4. The van der Waals surface area contributed by atoms with E-state index in [0.717, 1.165) is 18.5 Å². The Hall–Kier alpha value is -1.65. The highest BCUT2D eigenvalue weighted by Crippen LogP contribution is 2.18. The fraction of sp³-hybridized carbons (Fsp3) is 0.312. The highest BCUT2D eigenvalue weighted by atomic mass is 32.1. The molecule has 106 valence electrons. The van der Waals surface area contributed by atoms with Crippen LogP contribution in [0.4, 0.5) is 0 Å². The highest BCUT2D eigenvalue weighted by Gasteiger charge is 2.11. The first-order valence-corrected chi connectivity index (χ1v) is 7.61. The molecular weight excluding hydrogens is 270 g/mol. The Morgan fingerprint density at radius 3 is 2.75 bits per heavy atom. The maximum Gasteiger partial charge on any atom is 0.346 e. The first-order chi connectivity index (χ1) is 9.68. The summed E-state index contributed by atoms with van der Waals surface area (Å²) in [6, 6.07) is 12.3. The van der Waals surface area contributed by atoms with Gasteiger partial charge >= 0.3 is 5.97 Å². The predicted octanol–water partition coefficient (Wildman–Crippen LogP) is 3.73. The van der Waals surface area contributed by atoms with Crippen LogP contribution in [0.1, 0.15) is 40.1 Å². The lowest BCUT2D eigenvalue weighted by Crippen LogP contribution is -2.17. The topological polar surface area (TPSA) is 49.3 Å². The lowest BCUT2D eigenvalue weighted by atomic mass is 9.98. The van der Waals surface area contributed by atoms with Gasteiger partial charge < -0.3 is 10.4 Å². The molecule has 2 aromatic rings. The summed E-state index contributed by atoms with van der Waals surface area (Å²) in [5.74, 6) is -0.334. The summed E-state index contributed by atoms with van der Waals surface area (Å²) >= 11 is 1.28. The van der Waals surface area contributed by atoms with Crippen LogP contribution in [0.2, 0.25) is 0 Å². The van der Waals surface area contributed by atoms with Gasteiger partial charge in [-0.3, -0.25) is 0 Å². The maximum absolute atomic E-state index is 11.0. The van der Waals surface area contributed by atoms with Crippen LogP contribution >= 0.6 is 11.3 Å². The molecule has 0 saturated carbocycles. The van der Waals surface area contributed by atoms with E-state index < -0.39 is 5.97 Å². The van der Waals surface area contributed by atoms with Gasteiger partial charge in [-0.1, -0.05) is 37.3 Å². The van der Waals surface area contributed by atoms with Crippen molar-refractivity contribution in [2.45, 2.75) is 25.8 Å². The smallest absolute Gasteiger partial charge is 0.346 e. The minimum absolute atomic E-state index is 0.439. The van der Waals surface area contributed by atoms with Gasteiger partial charge in [-0.2, -0.15) is 0 Å². The van der Waals surface area contributed by atoms with Crippen LogP contribution in [0, 0.1) is 0 Å². The monoisotopic (exact) mass is 289 g/mol. The van der Waals surface area contributed by atoms with Gasteiger partial charge in [0.25, 0.3) is 0 Å². The van der Waals surface area contributed by atoms with Gasteiger partial charge in [0.05, 0.1) is 0 Å². The number of carbonyl (C=O) groups is 1. The summed E-state index contributed by atoms with van der Waals surface area (Å²) in [5.41, 5.74) is 2.21. The Balaban J connectivity index is 1.77. The van der Waals surface area contributed by atoms with E-state index >= 15 is 0 Å². The highest BCUT2D eigenvalue weighted by molar-refractivity contribution is 7.12. The van der Waals surface area contributed by atoms with Crippen molar-refractivity contribution in [1.29, 1.82) is 0 Å². The second-order valence-electron chi connectivity index (χ2n) is 4.86. The lowest BCUT2D eigenvalue weighted by molar-refractivity contribution is 0.0701. The zero-order valence-electron chi connectivity index (χ0n) is 11.5. The Labute approximate surface area is 123 Å². The average molecular weight is 289 g/mol. The number of thiophene rings is 1. The molecular formula is C16H19NO2S. The zero-order valence-corrected chi connectivity index (χ0v) is 12.3. The van der Waals surface area contributed by atoms with Crippen molar-refractivity contribution < 1.29 is 9.90 Å². The molecule has 0 aliphatic heterocycles. The molecule has 0 spiro atoms. The largest absolute Gasteiger partial charge is 0.477 e. The van der Waals surface area contributed by atoms with Crippen LogP contribution in [0.5, 0.6) is 0 Å². The average Bonchev–Trinajstić information content (AvgIpc) is 2.93. The first-order valence-electron chi connectivity index (χ1n) is 6.74. The minimum atomic E-state index is -0.838. The standard InChI is InChI=1S/C16H19NO2S/c1-12(13-5-3-2-4-6-13)7-9-17-11-14-8-10-20-15(14)16(18)19/h2-6,8,10,12,17H,7,9,11H2,1H3,(H,18,19). The molecule has 20 heavy (non-hydrogen) atoms. The maximum atomic E-state index is 11.0. The van der Waals surface area contributed by atoms with Crippen molar-refractivity contribution in [1.82, 2.24) is 5.32 Å². The van der Waals surface area contributed by atoms with E-state index in [1.165, 1.54) is 16.9 Å². The Morgan fingerprint density at radius 2 is 2.05 bits per heavy atom. The van der Waals surface area contributed by atoms with Crippen LogP contribution in [0.15, 0.2) is 41.8 Å². The van der Waals surface area contributed by atoms with Crippen LogP contribution in [0.25, 0.3) is 0 Å². The Bertz CT molecular complexity index is 551.